The quantitative estimate of drug-likeness (QED) is 0.416. The fraction of sp³-hybridized carbons (Fsp3) is 0.292. The number of carbonyl (C=O) groups excluding carboxylic acids is 1. The highest BCUT2D eigenvalue weighted by Crippen LogP contribution is 2.33. The molecule has 0 unspecified atom stereocenters. The van der Waals surface area contributed by atoms with Gasteiger partial charge in [-0.15, -0.1) is 11.3 Å². The van der Waals surface area contributed by atoms with Crippen molar-refractivity contribution in [3.63, 3.8) is 0 Å². The van der Waals surface area contributed by atoms with Gasteiger partial charge in [0.2, 0.25) is 0 Å². The van der Waals surface area contributed by atoms with Crippen molar-refractivity contribution in [1.82, 2.24) is 20.1 Å². The molecule has 2 heterocycles. The Morgan fingerprint density at radius 1 is 1.15 bits per heavy atom. The summed E-state index contributed by atoms with van der Waals surface area (Å²) in [5.41, 5.74) is 4.69. The number of nitrogens with one attached hydrogen (secondary N) is 1. The summed E-state index contributed by atoms with van der Waals surface area (Å²) in [6.45, 7) is 0.438. The minimum atomic E-state index is -1.15. The second-order valence-corrected chi connectivity index (χ2v) is 9.15. The zero-order valence-electron chi connectivity index (χ0n) is 17.7. The largest absolute Gasteiger partial charge is 0.503 e. The average Bonchev–Trinajstić information content (AvgIpc) is 3.50. The van der Waals surface area contributed by atoms with Crippen LogP contribution in [0.4, 0.5) is 8.78 Å². The molecule has 0 radical (unpaired) electrons. The molecule has 1 aliphatic rings. The fourth-order valence-corrected chi connectivity index (χ4v) is 4.96. The second kappa shape index (κ2) is 8.90. The van der Waals surface area contributed by atoms with Crippen molar-refractivity contribution in [2.75, 3.05) is 6.54 Å². The first-order valence-corrected chi connectivity index (χ1v) is 11.8. The third-order valence-electron chi connectivity index (χ3n) is 6.27. The lowest BCUT2D eigenvalue weighted by molar-refractivity contribution is 0.0940. The van der Waals surface area contributed by atoms with E-state index in [0.717, 1.165) is 60.0 Å². The van der Waals surface area contributed by atoms with Crippen molar-refractivity contribution in [3.8, 4) is 17.0 Å². The van der Waals surface area contributed by atoms with Gasteiger partial charge in [0.25, 0.3) is 5.91 Å². The molecular weight excluding hydrogens is 446 g/mol. The predicted molar refractivity (Wildman–Crippen MR) is 122 cm³/mol. The number of hydrogen-bond donors (Lipinski definition) is 2. The zero-order valence-corrected chi connectivity index (χ0v) is 18.5. The van der Waals surface area contributed by atoms with Crippen LogP contribution in [0, 0.1) is 17.6 Å². The molecule has 1 saturated carbocycles. The first-order chi connectivity index (χ1) is 16.0. The molecule has 5 rings (SSSR count). The van der Waals surface area contributed by atoms with Gasteiger partial charge < -0.3 is 10.4 Å². The fourth-order valence-electron chi connectivity index (χ4n) is 4.40. The van der Waals surface area contributed by atoms with E-state index in [-0.39, 0.29) is 5.56 Å². The average molecular weight is 469 g/mol. The molecule has 2 aromatic carbocycles. The van der Waals surface area contributed by atoms with Crippen LogP contribution in [0.5, 0.6) is 5.75 Å². The van der Waals surface area contributed by atoms with Gasteiger partial charge in [-0.05, 0) is 55.9 Å². The Labute approximate surface area is 192 Å². The molecule has 4 aromatic rings. The number of benzene rings is 2. The minimum absolute atomic E-state index is 0.142. The van der Waals surface area contributed by atoms with Crippen LogP contribution in [-0.4, -0.2) is 32.3 Å². The summed E-state index contributed by atoms with van der Waals surface area (Å²) in [5, 5.41) is 19.8. The Hall–Kier alpha value is -3.33. The van der Waals surface area contributed by atoms with Crippen LogP contribution < -0.4 is 5.32 Å². The van der Waals surface area contributed by atoms with Gasteiger partial charge in [-0.25, -0.2) is 13.8 Å². The number of fused-ring (bicyclic) bond motifs is 1. The van der Waals surface area contributed by atoms with Crippen LogP contribution >= 0.6 is 11.3 Å². The van der Waals surface area contributed by atoms with Crippen molar-refractivity contribution < 1.29 is 18.7 Å². The summed E-state index contributed by atoms with van der Waals surface area (Å²) in [6, 6.07) is 8.16. The summed E-state index contributed by atoms with van der Waals surface area (Å²) < 4.78 is 29.0. The maximum atomic E-state index is 13.5. The van der Waals surface area contributed by atoms with Crippen molar-refractivity contribution >= 4 is 28.1 Å². The molecule has 0 aliphatic heterocycles. The number of phenolic OH excluding ortho intramolecular Hbond substituents is 1. The van der Waals surface area contributed by atoms with Gasteiger partial charge in [0, 0.05) is 34.6 Å². The van der Waals surface area contributed by atoms with E-state index in [9.17, 15) is 18.7 Å². The molecule has 9 heteroatoms. The molecule has 33 heavy (non-hydrogen) atoms. The van der Waals surface area contributed by atoms with Crippen LogP contribution in [0.15, 0.2) is 47.4 Å². The number of hydrogen-bond acceptors (Lipinski definition) is 5. The number of phenols is 1. The van der Waals surface area contributed by atoms with E-state index in [1.807, 2.05) is 27.7 Å². The molecule has 0 bridgehead atoms. The molecule has 1 aliphatic carbocycles. The van der Waals surface area contributed by atoms with E-state index in [1.54, 1.807) is 11.3 Å². The van der Waals surface area contributed by atoms with Gasteiger partial charge >= 0.3 is 0 Å². The Morgan fingerprint density at radius 2 is 1.91 bits per heavy atom. The summed E-state index contributed by atoms with van der Waals surface area (Å²) in [5.74, 6) is -3.63. The van der Waals surface area contributed by atoms with Crippen molar-refractivity contribution in [2.45, 2.75) is 31.7 Å². The van der Waals surface area contributed by atoms with Gasteiger partial charge in [0.1, 0.15) is 0 Å². The van der Waals surface area contributed by atoms with Crippen molar-refractivity contribution in [3.05, 3.63) is 64.6 Å². The molecule has 0 atom stereocenters. The normalized spacial score (nSPS) is 18.5. The maximum Gasteiger partial charge on any atom is 0.251 e. The smallest absolute Gasteiger partial charge is 0.251 e. The van der Waals surface area contributed by atoms with Crippen LogP contribution in [0.1, 0.15) is 42.1 Å². The number of amides is 1. The summed E-state index contributed by atoms with van der Waals surface area (Å²) in [6.07, 6.45) is 5.81. The lowest BCUT2D eigenvalue weighted by Gasteiger charge is -2.28. The Balaban J connectivity index is 1.18. The highest BCUT2D eigenvalue weighted by Gasteiger charge is 2.24. The molecular formula is C24H22F2N4O2S. The highest BCUT2D eigenvalue weighted by molar-refractivity contribution is 7.07. The molecule has 0 spiro atoms. The number of aromatic hydroxyl groups is 1. The Kier molecular flexibility index (Phi) is 5.80. The lowest BCUT2D eigenvalue weighted by Crippen LogP contribution is -2.31. The van der Waals surface area contributed by atoms with E-state index in [4.69, 9.17) is 5.10 Å². The molecule has 2 N–H and O–H groups in total. The molecule has 2 aromatic heterocycles. The molecule has 170 valence electrons. The first-order valence-electron chi connectivity index (χ1n) is 10.8. The lowest BCUT2D eigenvalue weighted by atomic mass is 9.86. The predicted octanol–water partition coefficient (Wildman–Crippen LogP) is 5.30. The van der Waals surface area contributed by atoms with Crippen molar-refractivity contribution in [1.29, 1.82) is 0 Å². The monoisotopic (exact) mass is 468 g/mol. The van der Waals surface area contributed by atoms with E-state index in [0.29, 0.717) is 18.5 Å². The molecule has 1 amide bonds. The zero-order chi connectivity index (χ0) is 22.9. The topological polar surface area (TPSA) is 80.0 Å². The van der Waals surface area contributed by atoms with E-state index in [2.05, 4.69) is 22.6 Å². The Morgan fingerprint density at radius 3 is 2.61 bits per heavy atom. The Bertz CT molecular complexity index is 1270. The van der Waals surface area contributed by atoms with E-state index < -0.39 is 23.3 Å². The van der Waals surface area contributed by atoms with Crippen LogP contribution in [0.25, 0.3) is 22.2 Å². The third-order valence-corrected chi connectivity index (χ3v) is 6.86. The SMILES string of the molecule is O=C(NC[C@H]1CC[C@H](n2cc3cc(-c4cscn4)ccc3n2)CC1)c1cc(F)c(O)c(F)c1. The van der Waals surface area contributed by atoms with Gasteiger partial charge in [0.05, 0.1) is 22.8 Å². The summed E-state index contributed by atoms with van der Waals surface area (Å²) >= 11 is 1.57. The van der Waals surface area contributed by atoms with Gasteiger partial charge in [-0.3, -0.25) is 9.48 Å². The van der Waals surface area contributed by atoms with Crippen molar-refractivity contribution in [2.24, 2.45) is 5.92 Å². The molecule has 6 nitrogen and oxygen atoms in total. The van der Waals surface area contributed by atoms with Crippen LogP contribution in [0.2, 0.25) is 0 Å². The summed E-state index contributed by atoms with van der Waals surface area (Å²) in [4.78, 5) is 16.6. The molecule has 1 fully saturated rings. The number of nitrogens with zero attached hydrogens (tertiary/aromatic N) is 3. The van der Waals surface area contributed by atoms with E-state index >= 15 is 0 Å². The minimum Gasteiger partial charge on any atom is -0.503 e. The van der Waals surface area contributed by atoms with Gasteiger partial charge in [0.15, 0.2) is 17.4 Å². The van der Waals surface area contributed by atoms with Crippen LogP contribution in [0.3, 0.4) is 0 Å². The number of aromatic nitrogens is 3. The van der Waals surface area contributed by atoms with E-state index in [1.165, 1.54) is 0 Å². The second-order valence-electron chi connectivity index (χ2n) is 8.43. The van der Waals surface area contributed by atoms with Gasteiger partial charge in [-0.2, -0.15) is 5.10 Å². The number of carbonyl (C=O) groups is 1. The first kappa shape index (κ1) is 21.5. The molecule has 0 saturated heterocycles. The number of halogens is 2. The summed E-state index contributed by atoms with van der Waals surface area (Å²) in [7, 11) is 0. The van der Waals surface area contributed by atoms with Gasteiger partial charge in [-0.1, -0.05) is 6.07 Å². The highest BCUT2D eigenvalue weighted by atomic mass is 32.1. The maximum absolute atomic E-state index is 13.5. The third kappa shape index (κ3) is 4.45. The number of rotatable bonds is 5. The number of thiazole rings is 1. The standard InChI is InChI=1S/C24H22F2N4O2S/c25-19-8-16(9-20(26)23(19)31)24(32)27-10-14-1-4-18(5-2-14)30-11-17-7-15(3-6-21(17)29-30)22-12-33-13-28-22/h3,6-9,11-14,18,31H,1-2,4-5,10H2,(H,27,32)/t14-,18-. The van der Waals surface area contributed by atoms with Crippen LogP contribution in [-0.2, 0) is 0 Å².